The highest BCUT2D eigenvalue weighted by Crippen LogP contribution is 2.32. The van der Waals surface area contributed by atoms with Gasteiger partial charge in [0.2, 0.25) is 0 Å². The Morgan fingerprint density at radius 2 is 1.86 bits per heavy atom. The SMILES string of the molecule is COC(=O)c1ccc(Sc2ccc(N)cc2CC(=O)O)cc1. The van der Waals surface area contributed by atoms with Crippen molar-refractivity contribution in [2.24, 2.45) is 0 Å². The molecule has 0 unspecified atom stereocenters. The molecule has 114 valence electrons. The summed E-state index contributed by atoms with van der Waals surface area (Å²) >= 11 is 1.42. The lowest BCUT2D eigenvalue weighted by atomic mass is 10.1. The Bertz CT molecular complexity index is 698. The highest BCUT2D eigenvalue weighted by molar-refractivity contribution is 7.99. The lowest BCUT2D eigenvalue weighted by molar-refractivity contribution is -0.136. The second-order valence-corrected chi connectivity index (χ2v) is 5.67. The summed E-state index contributed by atoms with van der Waals surface area (Å²) in [5.74, 6) is -1.30. The molecule has 0 amide bonds. The Hall–Kier alpha value is -2.47. The van der Waals surface area contributed by atoms with Gasteiger partial charge in [-0.15, -0.1) is 0 Å². The minimum atomic E-state index is -0.909. The van der Waals surface area contributed by atoms with Gasteiger partial charge in [0.15, 0.2) is 0 Å². The zero-order chi connectivity index (χ0) is 16.1. The normalized spacial score (nSPS) is 10.2. The molecule has 0 atom stereocenters. The fourth-order valence-corrected chi connectivity index (χ4v) is 2.83. The van der Waals surface area contributed by atoms with Crippen molar-refractivity contribution in [3.63, 3.8) is 0 Å². The van der Waals surface area contributed by atoms with Gasteiger partial charge in [0, 0.05) is 15.5 Å². The summed E-state index contributed by atoms with van der Waals surface area (Å²) in [5, 5.41) is 8.97. The predicted octanol–water partition coefficient (Wildman–Crippen LogP) is 2.83. The van der Waals surface area contributed by atoms with Crippen molar-refractivity contribution in [1.29, 1.82) is 0 Å². The molecule has 0 aliphatic heterocycles. The molecule has 0 saturated heterocycles. The molecule has 0 aliphatic carbocycles. The molecule has 0 radical (unpaired) electrons. The van der Waals surface area contributed by atoms with Gasteiger partial charge in [-0.2, -0.15) is 0 Å². The van der Waals surface area contributed by atoms with Crippen LogP contribution in [0.5, 0.6) is 0 Å². The van der Waals surface area contributed by atoms with Crippen LogP contribution >= 0.6 is 11.8 Å². The molecule has 2 rings (SSSR count). The van der Waals surface area contributed by atoms with Gasteiger partial charge in [-0.1, -0.05) is 11.8 Å². The Morgan fingerprint density at radius 3 is 2.45 bits per heavy atom. The highest BCUT2D eigenvalue weighted by atomic mass is 32.2. The molecule has 2 aromatic rings. The number of aliphatic carboxylic acids is 1. The van der Waals surface area contributed by atoms with Crippen LogP contribution in [0.25, 0.3) is 0 Å². The molecule has 3 N–H and O–H groups in total. The van der Waals surface area contributed by atoms with Gasteiger partial charge >= 0.3 is 11.9 Å². The van der Waals surface area contributed by atoms with Gasteiger partial charge in [-0.05, 0) is 48.0 Å². The predicted molar refractivity (Wildman–Crippen MR) is 84.1 cm³/mol. The highest BCUT2D eigenvalue weighted by Gasteiger charge is 2.10. The summed E-state index contributed by atoms with van der Waals surface area (Å²) in [6.45, 7) is 0. The lowest BCUT2D eigenvalue weighted by Gasteiger charge is -2.09. The number of methoxy groups -OCH3 is 1. The number of hydrogen-bond donors (Lipinski definition) is 2. The summed E-state index contributed by atoms with van der Waals surface area (Å²) in [4.78, 5) is 24.0. The van der Waals surface area contributed by atoms with Crippen LogP contribution in [0, 0.1) is 0 Å². The van der Waals surface area contributed by atoms with E-state index in [1.807, 2.05) is 0 Å². The van der Waals surface area contributed by atoms with Crippen molar-refractivity contribution in [1.82, 2.24) is 0 Å². The van der Waals surface area contributed by atoms with E-state index in [-0.39, 0.29) is 6.42 Å². The topological polar surface area (TPSA) is 89.6 Å². The number of carbonyl (C=O) groups excluding carboxylic acids is 1. The fourth-order valence-electron chi connectivity index (χ4n) is 1.90. The van der Waals surface area contributed by atoms with E-state index in [9.17, 15) is 9.59 Å². The van der Waals surface area contributed by atoms with E-state index < -0.39 is 11.9 Å². The molecule has 0 spiro atoms. The van der Waals surface area contributed by atoms with Crippen LogP contribution in [0.3, 0.4) is 0 Å². The number of hydrogen-bond acceptors (Lipinski definition) is 5. The van der Waals surface area contributed by atoms with E-state index in [2.05, 4.69) is 4.74 Å². The van der Waals surface area contributed by atoms with E-state index in [1.54, 1.807) is 42.5 Å². The molecule has 0 bridgehead atoms. The molecule has 0 heterocycles. The number of anilines is 1. The van der Waals surface area contributed by atoms with Crippen molar-refractivity contribution in [3.05, 3.63) is 53.6 Å². The van der Waals surface area contributed by atoms with Gasteiger partial charge in [0.05, 0.1) is 19.1 Å². The summed E-state index contributed by atoms with van der Waals surface area (Å²) in [6, 6.07) is 12.1. The fraction of sp³-hybridized carbons (Fsp3) is 0.125. The molecule has 2 aromatic carbocycles. The van der Waals surface area contributed by atoms with E-state index in [4.69, 9.17) is 10.8 Å². The number of nitrogen functional groups attached to an aromatic ring is 1. The largest absolute Gasteiger partial charge is 0.481 e. The minimum absolute atomic E-state index is 0.0897. The van der Waals surface area contributed by atoms with Crippen molar-refractivity contribution in [2.75, 3.05) is 12.8 Å². The zero-order valence-corrected chi connectivity index (χ0v) is 12.7. The first kappa shape index (κ1) is 15.9. The van der Waals surface area contributed by atoms with E-state index in [1.165, 1.54) is 18.9 Å². The number of esters is 1. The first-order valence-electron chi connectivity index (χ1n) is 6.46. The van der Waals surface area contributed by atoms with Gasteiger partial charge in [-0.3, -0.25) is 4.79 Å². The number of benzene rings is 2. The maximum absolute atomic E-state index is 11.4. The molecular formula is C16H15NO4S. The number of carboxylic acid groups (broad SMARTS) is 1. The maximum Gasteiger partial charge on any atom is 0.337 e. The average Bonchev–Trinajstić information content (AvgIpc) is 2.49. The second-order valence-electron chi connectivity index (χ2n) is 4.56. The number of carbonyl (C=O) groups is 2. The Morgan fingerprint density at radius 1 is 1.18 bits per heavy atom. The van der Waals surface area contributed by atoms with Crippen LogP contribution in [0.1, 0.15) is 15.9 Å². The minimum Gasteiger partial charge on any atom is -0.481 e. The third-order valence-electron chi connectivity index (χ3n) is 2.93. The molecule has 6 heteroatoms. The van der Waals surface area contributed by atoms with E-state index >= 15 is 0 Å². The van der Waals surface area contributed by atoms with E-state index in [0.29, 0.717) is 16.8 Å². The molecule has 0 aliphatic rings. The molecular weight excluding hydrogens is 302 g/mol. The van der Waals surface area contributed by atoms with Crippen molar-refractivity contribution in [2.45, 2.75) is 16.2 Å². The Kier molecular flexibility index (Phi) is 5.06. The van der Waals surface area contributed by atoms with Crippen LogP contribution in [-0.2, 0) is 16.0 Å². The third-order valence-corrected chi connectivity index (χ3v) is 4.06. The number of carboxylic acids is 1. The van der Waals surface area contributed by atoms with Crippen LogP contribution in [0.2, 0.25) is 0 Å². The Balaban J connectivity index is 2.23. The van der Waals surface area contributed by atoms with Crippen molar-refractivity contribution >= 4 is 29.4 Å². The molecule has 5 nitrogen and oxygen atoms in total. The number of nitrogens with two attached hydrogens (primary N) is 1. The van der Waals surface area contributed by atoms with Crippen LogP contribution in [0.15, 0.2) is 52.3 Å². The van der Waals surface area contributed by atoms with Gasteiger partial charge in [0.1, 0.15) is 0 Å². The molecule has 22 heavy (non-hydrogen) atoms. The maximum atomic E-state index is 11.4. The summed E-state index contributed by atoms with van der Waals surface area (Å²) < 4.78 is 4.65. The van der Waals surface area contributed by atoms with Crippen molar-refractivity contribution in [3.8, 4) is 0 Å². The number of ether oxygens (including phenoxy) is 1. The third kappa shape index (κ3) is 4.02. The monoisotopic (exact) mass is 317 g/mol. The molecule has 0 saturated carbocycles. The molecule has 0 aromatic heterocycles. The van der Waals surface area contributed by atoms with Gasteiger partial charge < -0.3 is 15.6 Å². The van der Waals surface area contributed by atoms with Crippen LogP contribution in [0.4, 0.5) is 5.69 Å². The van der Waals surface area contributed by atoms with E-state index in [0.717, 1.165) is 9.79 Å². The van der Waals surface area contributed by atoms with Gasteiger partial charge in [0.25, 0.3) is 0 Å². The summed E-state index contributed by atoms with van der Waals surface area (Å²) in [5.41, 5.74) is 7.37. The van der Waals surface area contributed by atoms with Crippen LogP contribution in [-0.4, -0.2) is 24.2 Å². The first-order valence-corrected chi connectivity index (χ1v) is 7.27. The summed E-state index contributed by atoms with van der Waals surface area (Å²) in [6.07, 6.45) is -0.0897. The van der Waals surface area contributed by atoms with Crippen LogP contribution < -0.4 is 5.73 Å². The smallest absolute Gasteiger partial charge is 0.337 e. The quantitative estimate of drug-likeness (QED) is 0.651. The second kappa shape index (κ2) is 7.00. The van der Waals surface area contributed by atoms with Crippen molar-refractivity contribution < 1.29 is 19.4 Å². The lowest BCUT2D eigenvalue weighted by Crippen LogP contribution is -2.02. The number of rotatable bonds is 5. The average molecular weight is 317 g/mol. The first-order chi connectivity index (χ1) is 10.5. The standard InChI is InChI=1S/C16H15NO4S/c1-21-16(20)10-2-5-13(6-3-10)22-14-7-4-12(17)8-11(14)9-15(18)19/h2-8H,9,17H2,1H3,(H,18,19). The zero-order valence-electron chi connectivity index (χ0n) is 11.9. The summed E-state index contributed by atoms with van der Waals surface area (Å²) in [7, 11) is 1.33. The van der Waals surface area contributed by atoms with Gasteiger partial charge in [-0.25, -0.2) is 4.79 Å². The Labute approximate surface area is 132 Å². The molecule has 0 fully saturated rings.